The van der Waals surface area contributed by atoms with Crippen molar-refractivity contribution < 1.29 is 21.1 Å². The summed E-state index contributed by atoms with van der Waals surface area (Å²) in [6.07, 6.45) is 4.11. The zero-order valence-corrected chi connectivity index (χ0v) is 33.3. The number of rotatable bonds is 4. The Kier molecular flexibility index (Phi) is 9.48. The van der Waals surface area contributed by atoms with Gasteiger partial charge in [0, 0.05) is 0 Å². The molecule has 0 radical (unpaired) electrons. The van der Waals surface area contributed by atoms with Gasteiger partial charge in [-0.2, -0.15) is 28.4 Å². The van der Waals surface area contributed by atoms with Crippen LogP contribution in [0.15, 0.2) is 79.0 Å². The first-order valence-corrected chi connectivity index (χ1v) is 17.9. The molecule has 6 nitrogen and oxygen atoms in total. The van der Waals surface area contributed by atoms with E-state index >= 15 is 0 Å². The number of aryl methyl sites for hydroxylation is 6. The van der Waals surface area contributed by atoms with Gasteiger partial charge in [0.15, 0.2) is 0 Å². The van der Waals surface area contributed by atoms with Gasteiger partial charge in [0.25, 0.3) is 0 Å². The van der Waals surface area contributed by atoms with Gasteiger partial charge in [0.2, 0.25) is 0 Å². The SMILES string of the molecule is CCC(C)Cc1cc(C)c(-c2c[c-]c3c(n2)c2c(C)cccc2c2cc(C)nn32)c(C)c1.Cc1cc2c3cccc(C)c3c3ncc[c-]c3n2n1.[Pt+2]. The van der Waals surface area contributed by atoms with Gasteiger partial charge < -0.3 is 9.97 Å². The molecule has 52 heavy (non-hydrogen) atoms. The summed E-state index contributed by atoms with van der Waals surface area (Å²) in [4.78, 5) is 9.77. The van der Waals surface area contributed by atoms with E-state index < -0.39 is 0 Å². The summed E-state index contributed by atoms with van der Waals surface area (Å²) in [5.74, 6) is 0.695. The van der Waals surface area contributed by atoms with Crippen molar-refractivity contribution in [2.24, 2.45) is 5.92 Å². The van der Waals surface area contributed by atoms with E-state index in [0.29, 0.717) is 5.92 Å². The predicted octanol–water partition coefficient (Wildman–Crippen LogP) is 10.8. The first-order valence-electron chi connectivity index (χ1n) is 17.9. The molecule has 7 heteroatoms. The zero-order chi connectivity index (χ0) is 35.6. The van der Waals surface area contributed by atoms with Crippen LogP contribution in [0.4, 0.5) is 0 Å². The second-order valence-electron chi connectivity index (χ2n) is 14.3. The molecule has 0 fully saturated rings. The Balaban J connectivity index is 0.000000179. The molecule has 6 heterocycles. The van der Waals surface area contributed by atoms with Crippen LogP contribution in [0.25, 0.3) is 65.9 Å². The Morgan fingerprint density at radius 3 is 1.83 bits per heavy atom. The Hall–Kier alpha value is -4.93. The van der Waals surface area contributed by atoms with E-state index in [4.69, 9.17) is 10.1 Å². The minimum Gasteiger partial charge on any atom is -0.381 e. The molecule has 0 saturated carbocycles. The fourth-order valence-corrected chi connectivity index (χ4v) is 7.81. The zero-order valence-electron chi connectivity index (χ0n) is 31.0. The van der Waals surface area contributed by atoms with Crippen LogP contribution in [0.5, 0.6) is 0 Å². The fraction of sp³-hybridized carbons (Fsp3) is 0.244. The number of benzene rings is 3. The summed E-state index contributed by atoms with van der Waals surface area (Å²) in [5.41, 5.74) is 16.7. The van der Waals surface area contributed by atoms with Gasteiger partial charge in [-0.25, -0.2) is 0 Å². The topological polar surface area (TPSA) is 60.4 Å². The summed E-state index contributed by atoms with van der Waals surface area (Å²) in [5, 5.41) is 14.1. The van der Waals surface area contributed by atoms with Gasteiger partial charge in [-0.15, -0.1) is 6.07 Å². The largest absolute Gasteiger partial charge is 2.00 e. The van der Waals surface area contributed by atoms with Gasteiger partial charge in [-0.3, -0.25) is 9.03 Å². The van der Waals surface area contributed by atoms with Crippen molar-refractivity contribution in [2.45, 2.75) is 68.2 Å². The van der Waals surface area contributed by atoms with Crippen LogP contribution in [-0.2, 0) is 27.5 Å². The molecule has 6 aromatic heterocycles. The van der Waals surface area contributed by atoms with Crippen molar-refractivity contribution in [3.05, 3.63) is 130 Å². The normalized spacial score (nSPS) is 12.2. The average molecular weight is 862 g/mol. The monoisotopic (exact) mass is 861 g/mol. The third kappa shape index (κ3) is 5.97. The molecule has 0 bridgehead atoms. The first-order chi connectivity index (χ1) is 24.6. The van der Waals surface area contributed by atoms with Gasteiger partial charge >= 0.3 is 21.1 Å². The standard InChI is InChI=1S/C29H30N3.C16H12N3.Pt/c1-7-17(2)13-22-14-19(4)27(20(5)15-22)24-11-12-25-29(30-24)28-18(3)9-8-10-23(28)26-16-21(6)31-32(25)26;1-10-5-3-6-12-14-9-11(2)18-19(14)13-7-4-8-17-16(13)15(10)12;/h8-11,14-17H,7,13H2,1-6H3;3-6,8-9H,1-2H3;/q2*-1;+2. The molecule has 0 aliphatic heterocycles. The number of fused-ring (bicyclic) bond motifs is 12. The minimum atomic E-state index is 0. The smallest absolute Gasteiger partial charge is 0.381 e. The first kappa shape index (κ1) is 35.5. The maximum Gasteiger partial charge on any atom is 2.00 e. The number of nitrogens with zero attached hydrogens (tertiary/aromatic N) is 6. The van der Waals surface area contributed by atoms with Crippen molar-refractivity contribution in [3.63, 3.8) is 0 Å². The Morgan fingerprint density at radius 1 is 0.692 bits per heavy atom. The third-order valence-corrected chi connectivity index (χ3v) is 10.3. The van der Waals surface area contributed by atoms with Gasteiger partial charge in [0.05, 0.1) is 22.4 Å². The molecular formula is C45H42N6Pt. The molecule has 9 aromatic rings. The van der Waals surface area contributed by atoms with Gasteiger partial charge in [-0.1, -0.05) is 103 Å². The maximum absolute atomic E-state index is 5.23. The summed E-state index contributed by atoms with van der Waals surface area (Å²) in [6.45, 7) is 17.3. The Bertz CT molecular complexity index is 2790. The molecule has 0 aliphatic carbocycles. The van der Waals surface area contributed by atoms with E-state index in [1.165, 1.54) is 61.3 Å². The van der Waals surface area contributed by atoms with E-state index in [1.54, 1.807) is 6.20 Å². The van der Waals surface area contributed by atoms with Crippen LogP contribution in [-0.4, -0.2) is 29.2 Å². The summed E-state index contributed by atoms with van der Waals surface area (Å²) < 4.78 is 3.94. The quantitative estimate of drug-likeness (QED) is 0.131. The van der Waals surface area contributed by atoms with Crippen molar-refractivity contribution in [2.75, 3.05) is 0 Å². The van der Waals surface area contributed by atoms with Gasteiger partial charge in [-0.05, 0) is 121 Å². The molecule has 262 valence electrons. The second kappa shape index (κ2) is 13.9. The average Bonchev–Trinajstić information content (AvgIpc) is 3.71. The van der Waals surface area contributed by atoms with Crippen LogP contribution < -0.4 is 0 Å². The number of hydrogen-bond donors (Lipinski definition) is 0. The molecular weight excluding hydrogens is 820 g/mol. The van der Waals surface area contributed by atoms with Crippen LogP contribution in [0.2, 0.25) is 0 Å². The van der Waals surface area contributed by atoms with E-state index in [1.807, 2.05) is 35.0 Å². The predicted molar refractivity (Wildman–Crippen MR) is 211 cm³/mol. The van der Waals surface area contributed by atoms with Crippen LogP contribution in [0.1, 0.15) is 59.5 Å². The Morgan fingerprint density at radius 2 is 1.25 bits per heavy atom. The van der Waals surface area contributed by atoms with E-state index in [2.05, 4.69) is 124 Å². The van der Waals surface area contributed by atoms with Gasteiger partial charge in [0.1, 0.15) is 0 Å². The third-order valence-electron chi connectivity index (χ3n) is 10.3. The molecule has 1 unspecified atom stereocenters. The van der Waals surface area contributed by atoms with E-state index in [9.17, 15) is 0 Å². The van der Waals surface area contributed by atoms with Crippen molar-refractivity contribution in [1.29, 1.82) is 0 Å². The maximum atomic E-state index is 5.23. The van der Waals surface area contributed by atoms with E-state index in [0.717, 1.165) is 56.6 Å². The molecule has 9 rings (SSSR count). The fourth-order valence-electron chi connectivity index (χ4n) is 7.81. The number of aromatic nitrogens is 6. The molecule has 0 saturated heterocycles. The molecule has 3 aromatic carbocycles. The Labute approximate surface area is 319 Å². The van der Waals surface area contributed by atoms with Crippen molar-refractivity contribution in [3.8, 4) is 11.3 Å². The summed E-state index contributed by atoms with van der Waals surface area (Å²) in [7, 11) is 0. The number of hydrogen-bond acceptors (Lipinski definition) is 4. The van der Waals surface area contributed by atoms with Crippen molar-refractivity contribution >= 4 is 54.6 Å². The minimum absolute atomic E-state index is 0. The molecule has 0 aliphatic rings. The number of pyridine rings is 4. The second-order valence-corrected chi connectivity index (χ2v) is 14.3. The van der Waals surface area contributed by atoms with Crippen LogP contribution >= 0.6 is 0 Å². The van der Waals surface area contributed by atoms with Crippen LogP contribution in [0.3, 0.4) is 0 Å². The molecule has 0 amide bonds. The van der Waals surface area contributed by atoms with E-state index in [-0.39, 0.29) is 21.1 Å². The van der Waals surface area contributed by atoms with Crippen LogP contribution in [0, 0.1) is 59.6 Å². The summed E-state index contributed by atoms with van der Waals surface area (Å²) >= 11 is 0. The molecule has 0 spiro atoms. The molecule has 1 atom stereocenters. The van der Waals surface area contributed by atoms with Crippen molar-refractivity contribution in [1.82, 2.24) is 29.2 Å². The molecule has 0 N–H and O–H groups in total. The summed E-state index contributed by atoms with van der Waals surface area (Å²) in [6, 6.07) is 32.4.